The zero-order chi connectivity index (χ0) is 15.3. The van der Waals surface area contributed by atoms with E-state index in [0.717, 1.165) is 0 Å². The van der Waals surface area contributed by atoms with Gasteiger partial charge in [-0.05, 0) is 36.7 Å². The van der Waals surface area contributed by atoms with E-state index in [0.29, 0.717) is 50.6 Å². The minimum atomic E-state index is -3.63. The molecule has 3 N–H and O–H groups in total. The summed E-state index contributed by atoms with van der Waals surface area (Å²) < 4.78 is 35.4. The van der Waals surface area contributed by atoms with Gasteiger partial charge in [0.2, 0.25) is 0 Å². The number of nitrogens with one attached hydrogen (secondary N) is 1. The molecule has 1 fully saturated rings. The zero-order valence-electron chi connectivity index (χ0n) is 12.0. The van der Waals surface area contributed by atoms with Crippen LogP contribution < -0.4 is 15.3 Å². The average Bonchev–Trinajstić information content (AvgIpc) is 2.48. The molecule has 0 radical (unpaired) electrons. The van der Waals surface area contributed by atoms with Gasteiger partial charge in [0.15, 0.2) is 0 Å². The summed E-state index contributed by atoms with van der Waals surface area (Å²) in [4.78, 5) is 2.83. The number of ether oxygens (including phenoxy) is 2. The van der Waals surface area contributed by atoms with Crippen molar-refractivity contribution in [1.29, 1.82) is 0 Å². The predicted molar refractivity (Wildman–Crippen MR) is 78.5 cm³/mol. The summed E-state index contributed by atoms with van der Waals surface area (Å²) in [5, 5.41) is 1.65. The molecule has 8 heteroatoms. The molecule has 0 aliphatic carbocycles. The van der Waals surface area contributed by atoms with Crippen LogP contribution in [0.4, 0.5) is 0 Å². The quantitative estimate of drug-likeness (QED) is 0.750. The first-order valence-corrected chi connectivity index (χ1v) is 8.27. The van der Waals surface area contributed by atoms with Crippen LogP contribution in [0.25, 0.3) is 0 Å². The summed E-state index contributed by atoms with van der Waals surface area (Å²) in [5.41, 5.74) is 6.22. The van der Waals surface area contributed by atoms with Crippen LogP contribution in [-0.4, -0.2) is 53.4 Å². The molecule has 0 amide bonds. The van der Waals surface area contributed by atoms with Gasteiger partial charge in [-0.1, -0.05) is 0 Å². The molecule has 2 rings (SSSR count). The third-order valence-electron chi connectivity index (χ3n) is 3.23. The molecule has 118 valence electrons. The number of rotatable bonds is 6. The van der Waals surface area contributed by atoms with Crippen LogP contribution in [-0.2, 0) is 21.2 Å². The molecule has 1 saturated heterocycles. The van der Waals surface area contributed by atoms with E-state index < -0.39 is 10.0 Å². The van der Waals surface area contributed by atoms with Crippen molar-refractivity contribution in [2.75, 3.05) is 40.0 Å². The summed E-state index contributed by atoms with van der Waals surface area (Å²) in [5.74, 6) is 0.615. The van der Waals surface area contributed by atoms with E-state index in [1.807, 2.05) is 0 Å². The van der Waals surface area contributed by atoms with Crippen LogP contribution >= 0.6 is 0 Å². The van der Waals surface area contributed by atoms with Gasteiger partial charge in [0.1, 0.15) is 5.75 Å². The monoisotopic (exact) mass is 315 g/mol. The molecule has 7 nitrogen and oxygen atoms in total. The molecule has 1 aliphatic heterocycles. The van der Waals surface area contributed by atoms with Gasteiger partial charge in [0.05, 0.1) is 25.2 Å². The van der Waals surface area contributed by atoms with E-state index in [-0.39, 0.29) is 4.90 Å². The minimum Gasteiger partial charge on any atom is -0.497 e. The number of nitrogens with zero attached hydrogens (tertiary/aromatic N) is 1. The second kappa shape index (κ2) is 7.19. The van der Waals surface area contributed by atoms with Crippen LogP contribution in [0.5, 0.6) is 5.75 Å². The van der Waals surface area contributed by atoms with E-state index >= 15 is 0 Å². The highest BCUT2D eigenvalue weighted by atomic mass is 32.2. The molecule has 1 aromatic carbocycles. The molecule has 0 unspecified atom stereocenters. The largest absolute Gasteiger partial charge is 0.497 e. The molecule has 1 aromatic rings. The summed E-state index contributed by atoms with van der Waals surface area (Å²) in [6.07, 6.45) is 0.469. The Balaban J connectivity index is 2.25. The van der Waals surface area contributed by atoms with Gasteiger partial charge in [-0.3, -0.25) is 0 Å². The number of sulfonamides is 1. The molecule has 0 aromatic heterocycles. The van der Waals surface area contributed by atoms with E-state index in [2.05, 4.69) is 4.83 Å². The Morgan fingerprint density at radius 1 is 1.38 bits per heavy atom. The van der Waals surface area contributed by atoms with Crippen molar-refractivity contribution in [1.82, 2.24) is 9.84 Å². The zero-order valence-corrected chi connectivity index (χ0v) is 12.9. The standard InChI is InChI=1S/C13H21N3O4S/c1-19-12-2-3-13(11(10-12)4-5-14)21(17,18)15-16-6-8-20-9-7-16/h2-3,10,15H,4-9,14H2,1H3. The summed E-state index contributed by atoms with van der Waals surface area (Å²) in [7, 11) is -2.09. The van der Waals surface area contributed by atoms with Crippen LogP contribution in [0.3, 0.4) is 0 Å². The molecular weight excluding hydrogens is 294 g/mol. The maximum absolute atomic E-state index is 12.5. The number of benzene rings is 1. The Bertz CT molecular complexity index is 571. The van der Waals surface area contributed by atoms with Crippen molar-refractivity contribution in [2.24, 2.45) is 5.73 Å². The summed E-state index contributed by atoms with van der Waals surface area (Å²) in [6, 6.07) is 4.89. The smallest absolute Gasteiger partial charge is 0.253 e. The van der Waals surface area contributed by atoms with Gasteiger partial charge in [-0.25, -0.2) is 13.4 Å². The molecule has 0 atom stereocenters. The SMILES string of the molecule is COc1ccc(S(=O)(=O)NN2CCOCC2)c(CCN)c1. The normalized spacial score (nSPS) is 16.9. The van der Waals surface area contributed by atoms with Crippen molar-refractivity contribution in [2.45, 2.75) is 11.3 Å². The highest BCUT2D eigenvalue weighted by molar-refractivity contribution is 7.89. The van der Waals surface area contributed by atoms with Crippen molar-refractivity contribution in [3.8, 4) is 5.75 Å². The maximum atomic E-state index is 12.5. The Morgan fingerprint density at radius 3 is 2.71 bits per heavy atom. The van der Waals surface area contributed by atoms with Crippen molar-refractivity contribution in [3.63, 3.8) is 0 Å². The summed E-state index contributed by atoms with van der Waals surface area (Å²) >= 11 is 0. The first-order valence-electron chi connectivity index (χ1n) is 6.79. The van der Waals surface area contributed by atoms with Gasteiger partial charge in [0.25, 0.3) is 10.0 Å². The topological polar surface area (TPSA) is 93.9 Å². The lowest BCUT2D eigenvalue weighted by Crippen LogP contribution is -2.48. The highest BCUT2D eigenvalue weighted by Crippen LogP contribution is 2.22. The average molecular weight is 315 g/mol. The van der Waals surface area contributed by atoms with Gasteiger partial charge in [0, 0.05) is 13.1 Å². The van der Waals surface area contributed by atoms with Crippen LogP contribution in [0.2, 0.25) is 0 Å². The van der Waals surface area contributed by atoms with E-state index in [1.54, 1.807) is 30.3 Å². The number of hydrogen-bond acceptors (Lipinski definition) is 6. The van der Waals surface area contributed by atoms with E-state index in [4.69, 9.17) is 15.2 Å². The van der Waals surface area contributed by atoms with E-state index in [1.165, 1.54) is 0 Å². The lowest BCUT2D eigenvalue weighted by molar-refractivity contribution is 0.0272. The van der Waals surface area contributed by atoms with E-state index in [9.17, 15) is 8.42 Å². The van der Waals surface area contributed by atoms with Crippen LogP contribution in [0.1, 0.15) is 5.56 Å². The molecule has 1 aliphatic rings. The number of nitrogens with two attached hydrogens (primary N) is 1. The third-order valence-corrected chi connectivity index (χ3v) is 4.71. The molecule has 0 spiro atoms. The second-order valence-corrected chi connectivity index (χ2v) is 6.34. The predicted octanol–water partition coefficient (Wildman–Crippen LogP) is -0.278. The Hall–Kier alpha value is -1.19. The highest BCUT2D eigenvalue weighted by Gasteiger charge is 2.23. The molecular formula is C13H21N3O4S. The fraction of sp³-hybridized carbons (Fsp3) is 0.538. The molecule has 21 heavy (non-hydrogen) atoms. The minimum absolute atomic E-state index is 0.236. The Morgan fingerprint density at radius 2 is 2.10 bits per heavy atom. The summed E-state index contributed by atoms with van der Waals surface area (Å²) in [6.45, 7) is 2.46. The first-order chi connectivity index (χ1) is 10.1. The number of hydrogen-bond donors (Lipinski definition) is 2. The lowest BCUT2D eigenvalue weighted by Gasteiger charge is -2.27. The van der Waals surface area contributed by atoms with Crippen LogP contribution in [0, 0.1) is 0 Å². The van der Waals surface area contributed by atoms with Crippen LogP contribution in [0.15, 0.2) is 23.1 Å². The number of morpholine rings is 1. The third kappa shape index (κ3) is 4.14. The second-order valence-electron chi connectivity index (χ2n) is 4.71. The Labute approximate surface area is 125 Å². The van der Waals surface area contributed by atoms with Gasteiger partial charge < -0.3 is 15.2 Å². The fourth-order valence-electron chi connectivity index (χ4n) is 2.17. The van der Waals surface area contributed by atoms with Gasteiger partial charge in [-0.15, -0.1) is 4.83 Å². The first kappa shape index (κ1) is 16.2. The fourth-order valence-corrected chi connectivity index (χ4v) is 3.54. The van der Waals surface area contributed by atoms with Crippen molar-refractivity contribution < 1.29 is 17.9 Å². The number of hydrazine groups is 1. The Kier molecular flexibility index (Phi) is 5.54. The molecule has 0 saturated carbocycles. The van der Waals surface area contributed by atoms with Gasteiger partial charge >= 0.3 is 0 Å². The van der Waals surface area contributed by atoms with Crippen molar-refractivity contribution in [3.05, 3.63) is 23.8 Å². The lowest BCUT2D eigenvalue weighted by atomic mass is 10.1. The molecule has 1 heterocycles. The van der Waals surface area contributed by atoms with Gasteiger partial charge in [-0.2, -0.15) is 0 Å². The van der Waals surface area contributed by atoms with Crippen molar-refractivity contribution >= 4 is 10.0 Å². The number of methoxy groups -OCH3 is 1. The maximum Gasteiger partial charge on any atom is 0.253 e. The molecule has 0 bridgehead atoms.